The van der Waals surface area contributed by atoms with E-state index >= 15 is 0 Å². The SMILES string of the molecule is Cc1cc(C)c(NC(=O)CSc2nnc(SCC(C)C)s2)c(C)c1. The Balaban J connectivity index is 1.88. The summed E-state index contributed by atoms with van der Waals surface area (Å²) >= 11 is 4.71. The molecule has 1 aromatic heterocycles. The normalized spacial score (nSPS) is 11.1. The van der Waals surface area contributed by atoms with Gasteiger partial charge in [-0.05, 0) is 37.8 Å². The number of hydrogen-bond donors (Lipinski definition) is 1. The van der Waals surface area contributed by atoms with Crippen LogP contribution in [-0.2, 0) is 4.79 Å². The van der Waals surface area contributed by atoms with Crippen LogP contribution in [0.25, 0.3) is 0 Å². The van der Waals surface area contributed by atoms with Crippen molar-refractivity contribution in [2.24, 2.45) is 5.92 Å². The lowest BCUT2D eigenvalue weighted by molar-refractivity contribution is -0.113. The molecule has 0 bridgehead atoms. The molecule has 0 unspecified atom stereocenters. The van der Waals surface area contributed by atoms with Gasteiger partial charge in [-0.3, -0.25) is 4.79 Å². The number of benzene rings is 1. The first-order chi connectivity index (χ1) is 11.3. The lowest BCUT2D eigenvalue weighted by atomic mass is 10.1. The molecular formula is C17H23N3OS3. The van der Waals surface area contributed by atoms with E-state index in [0.29, 0.717) is 11.7 Å². The molecule has 1 amide bonds. The molecule has 0 saturated carbocycles. The van der Waals surface area contributed by atoms with Gasteiger partial charge in [0.15, 0.2) is 8.68 Å². The van der Waals surface area contributed by atoms with Crippen LogP contribution in [0.5, 0.6) is 0 Å². The lowest BCUT2D eigenvalue weighted by Crippen LogP contribution is -2.15. The molecule has 0 aliphatic rings. The van der Waals surface area contributed by atoms with Gasteiger partial charge in [0.05, 0.1) is 5.75 Å². The molecule has 0 spiro atoms. The Kier molecular flexibility index (Phi) is 7.13. The maximum Gasteiger partial charge on any atom is 0.234 e. The third-order valence-electron chi connectivity index (χ3n) is 3.20. The highest BCUT2D eigenvalue weighted by molar-refractivity contribution is 8.03. The Morgan fingerprint density at radius 2 is 1.71 bits per heavy atom. The van der Waals surface area contributed by atoms with Crippen molar-refractivity contribution in [1.29, 1.82) is 0 Å². The third kappa shape index (κ3) is 5.79. The van der Waals surface area contributed by atoms with E-state index < -0.39 is 0 Å². The zero-order valence-corrected chi connectivity index (χ0v) is 17.1. The number of aryl methyl sites for hydroxylation is 3. The number of anilines is 1. The van der Waals surface area contributed by atoms with Gasteiger partial charge >= 0.3 is 0 Å². The molecule has 0 aliphatic heterocycles. The van der Waals surface area contributed by atoms with Crippen LogP contribution in [0.15, 0.2) is 20.8 Å². The largest absolute Gasteiger partial charge is 0.325 e. The molecule has 1 N–H and O–H groups in total. The molecule has 0 fully saturated rings. The van der Waals surface area contributed by atoms with Crippen LogP contribution in [-0.4, -0.2) is 27.6 Å². The van der Waals surface area contributed by atoms with Crippen molar-refractivity contribution < 1.29 is 4.79 Å². The predicted molar refractivity (Wildman–Crippen MR) is 105 cm³/mol. The number of aromatic nitrogens is 2. The first-order valence-corrected chi connectivity index (χ1v) is 10.6. The fourth-order valence-corrected chi connectivity index (χ4v) is 5.03. The van der Waals surface area contributed by atoms with E-state index in [1.54, 1.807) is 23.1 Å². The summed E-state index contributed by atoms with van der Waals surface area (Å²) in [5, 5.41) is 11.3. The summed E-state index contributed by atoms with van der Waals surface area (Å²) in [6, 6.07) is 4.16. The van der Waals surface area contributed by atoms with Gasteiger partial charge in [0, 0.05) is 11.4 Å². The minimum atomic E-state index is -0.0124. The van der Waals surface area contributed by atoms with Gasteiger partial charge in [-0.1, -0.05) is 66.4 Å². The monoisotopic (exact) mass is 381 g/mol. The highest BCUT2D eigenvalue weighted by Crippen LogP contribution is 2.30. The van der Waals surface area contributed by atoms with Gasteiger partial charge in [0.25, 0.3) is 0 Å². The van der Waals surface area contributed by atoms with E-state index in [2.05, 4.69) is 48.4 Å². The van der Waals surface area contributed by atoms with E-state index in [9.17, 15) is 4.79 Å². The summed E-state index contributed by atoms with van der Waals surface area (Å²) in [5.74, 6) is 1.99. The topological polar surface area (TPSA) is 54.9 Å². The number of amides is 1. The van der Waals surface area contributed by atoms with E-state index in [1.807, 2.05) is 13.8 Å². The summed E-state index contributed by atoms with van der Waals surface area (Å²) in [6.45, 7) is 10.5. The third-order valence-corrected chi connectivity index (χ3v) is 6.81. The Bertz CT molecular complexity index is 690. The number of hydrogen-bond acceptors (Lipinski definition) is 6. The van der Waals surface area contributed by atoms with Crippen LogP contribution in [0.4, 0.5) is 5.69 Å². The second kappa shape index (κ2) is 8.87. The number of carbonyl (C=O) groups excluding carboxylic acids is 1. The number of nitrogens with zero attached hydrogens (tertiary/aromatic N) is 2. The molecule has 2 rings (SSSR count). The van der Waals surface area contributed by atoms with E-state index in [-0.39, 0.29) is 5.91 Å². The molecule has 24 heavy (non-hydrogen) atoms. The van der Waals surface area contributed by atoms with Crippen molar-refractivity contribution in [3.8, 4) is 0 Å². The number of rotatable bonds is 7. The average molecular weight is 382 g/mol. The van der Waals surface area contributed by atoms with Crippen LogP contribution < -0.4 is 5.32 Å². The zero-order valence-electron chi connectivity index (χ0n) is 14.7. The van der Waals surface area contributed by atoms with Crippen LogP contribution in [0.3, 0.4) is 0 Å². The summed E-state index contributed by atoms with van der Waals surface area (Å²) in [6.07, 6.45) is 0. The van der Waals surface area contributed by atoms with Crippen molar-refractivity contribution in [2.45, 2.75) is 43.3 Å². The average Bonchev–Trinajstić information content (AvgIpc) is 2.94. The van der Waals surface area contributed by atoms with E-state index in [0.717, 1.165) is 31.2 Å². The first kappa shape index (κ1) is 19.3. The second-order valence-corrected chi connectivity index (χ2v) is 9.62. The van der Waals surface area contributed by atoms with Crippen molar-refractivity contribution in [2.75, 3.05) is 16.8 Å². The Morgan fingerprint density at radius 1 is 1.12 bits per heavy atom. The minimum absolute atomic E-state index is 0.0124. The second-order valence-electron chi connectivity index (χ2n) is 6.15. The molecule has 1 aromatic carbocycles. The Hall–Kier alpha value is -1.05. The van der Waals surface area contributed by atoms with Crippen molar-refractivity contribution in [1.82, 2.24) is 10.2 Å². The Morgan fingerprint density at radius 3 is 2.29 bits per heavy atom. The van der Waals surface area contributed by atoms with E-state index in [4.69, 9.17) is 0 Å². The van der Waals surface area contributed by atoms with Gasteiger partial charge in [0.2, 0.25) is 5.91 Å². The van der Waals surface area contributed by atoms with Gasteiger partial charge in [0.1, 0.15) is 0 Å². The molecule has 130 valence electrons. The van der Waals surface area contributed by atoms with Crippen LogP contribution in [0, 0.1) is 26.7 Å². The van der Waals surface area contributed by atoms with Crippen LogP contribution >= 0.6 is 34.9 Å². The number of thioether (sulfide) groups is 2. The van der Waals surface area contributed by atoms with Gasteiger partial charge < -0.3 is 5.32 Å². The first-order valence-electron chi connectivity index (χ1n) is 7.82. The maximum absolute atomic E-state index is 12.2. The highest BCUT2D eigenvalue weighted by Gasteiger charge is 2.11. The lowest BCUT2D eigenvalue weighted by Gasteiger charge is -2.12. The van der Waals surface area contributed by atoms with Crippen LogP contribution in [0.2, 0.25) is 0 Å². The van der Waals surface area contributed by atoms with Crippen molar-refractivity contribution >= 4 is 46.5 Å². The Labute approximate surface area is 156 Å². The highest BCUT2D eigenvalue weighted by atomic mass is 32.2. The minimum Gasteiger partial charge on any atom is -0.325 e. The molecule has 4 nitrogen and oxygen atoms in total. The quantitative estimate of drug-likeness (QED) is 0.688. The molecule has 0 saturated heterocycles. The fourth-order valence-electron chi connectivity index (χ4n) is 2.23. The van der Waals surface area contributed by atoms with Gasteiger partial charge in [-0.25, -0.2) is 0 Å². The molecule has 0 atom stereocenters. The number of carbonyl (C=O) groups is 1. The smallest absolute Gasteiger partial charge is 0.234 e. The molecule has 1 heterocycles. The summed E-state index contributed by atoms with van der Waals surface area (Å²) in [7, 11) is 0. The summed E-state index contributed by atoms with van der Waals surface area (Å²) in [5.41, 5.74) is 4.30. The standard InChI is InChI=1S/C17H23N3OS3/c1-10(2)8-22-16-19-20-17(24-16)23-9-14(21)18-15-12(4)6-11(3)7-13(15)5/h6-7,10H,8-9H2,1-5H3,(H,18,21). The van der Waals surface area contributed by atoms with Crippen LogP contribution in [0.1, 0.15) is 30.5 Å². The predicted octanol–water partition coefficient (Wildman–Crippen LogP) is 4.94. The molecule has 7 heteroatoms. The summed E-state index contributed by atoms with van der Waals surface area (Å²) in [4.78, 5) is 12.2. The maximum atomic E-state index is 12.2. The molecule has 0 aliphatic carbocycles. The van der Waals surface area contributed by atoms with Crippen molar-refractivity contribution in [3.05, 3.63) is 28.8 Å². The molecule has 0 radical (unpaired) electrons. The fraction of sp³-hybridized carbons (Fsp3) is 0.471. The summed E-state index contributed by atoms with van der Waals surface area (Å²) < 4.78 is 1.81. The zero-order chi connectivity index (χ0) is 17.7. The van der Waals surface area contributed by atoms with Crippen molar-refractivity contribution in [3.63, 3.8) is 0 Å². The molecule has 2 aromatic rings. The van der Waals surface area contributed by atoms with Gasteiger partial charge in [-0.2, -0.15) is 0 Å². The van der Waals surface area contributed by atoms with Gasteiger partial charge in [-0.15, -0.1) is 10.2 Å². The number of nitrogens with one attached hydrogen (secondary N) is 1. The molecular weight excluding hydrogens is 358 g/mol. The van der Waals surface area contributed by atoms with E-state index in [1.165, 1.54) is 17.3 Å².